The highest BCUT2D eigenvalue weighted by atomic mass is 32.1. The molecule has 0 aromatic carbocycles. The Hall–Kier alpha value is -2.78. The fraction of sp³-hybridized carbons (Fsp3) is 0.423. The predicted octanol–water partition coefficient (Wildman–Crippen LogP) is 7.25. The third-order valence-corrected chi connectivity index (χ3v) is 6.87. The third kappa shape index (κ3) is 4.83. The summed E-state index contributed by atoms with van der Waals surface area (Å²) in [7, 11) is 0. The van der Waals surface area contributed by atoms with E-state index in [1.807, 2.05) is 45.2 Å². The normalized spacial score (nSPS) is 12.3. The standard InChI is InChI=1S/C24H31FN4S.C2H2/c1-8-18(9-2)20-13-15(5)28-29-21(16(6)26-23(20)29)22-17(7)27-24(30-22)19(10-3)14(4)11-12-25;1-2/h10-11,13,18H,8-9,12H2,1-7H3;1-2H/b14-11-,19-10+;. The number of terminal acetylenes is 1. The zero-order valence-electron chi connectivity index (χ0n) is 20.2. The van der Waals surface area contributed by atoms with Crippen LogP contribution in [0.2, 0.25) is 0 Å². The first-order chi connectivity index (χ1) is 15.4. The minimum atomic E-state index is -0.477. The number of nitrogens with zero attached hydrogens (tertiary/aromatic N) is 4. The number of aromatic nitrogens is 4. The van der Waals surface area contributed by atoms with Crippen LogP contribution in [-0.2, 0) is 0 Å². The first kappa shape index (κ1) is 25.5. The van der Waals surface area contributed by atoms with E-state index < -0.39 is 6.67 Å². The lowest BCUT2D eigenvalue weighted by Gasteiger charge is -2.14. The second-order valence-electron chi connectivity index (χ2n) is 7.71. The summed E-state index contributed by atoms with van der Waals surface area (Å²) in [5, 5.41) is 5.72. The minimum Gasteiger partial charge on any atom is -0.247 e. The summed E-state index contributed by atoms with van der Waals surface area (Å²) >= 11 is 1.62. The minimum absolute atomic E-state index is 0.463. The number of alkyl halides is 1. The maximum absolute atomic E-state index is 12.8. The number of thiazole rings is 1. The van der Waals surface area contributed by atoms with Crippen LogP contribution in [0.3, 0.4) is 0 Å². The highest BCUT2D eigenvalue weighted by Crippen LogP contribution is 2.38. The largest absolute Gasteiger partial charge is 0.247 e. The third-order valence-electron chi connectivity index (χ3n) is 5.67. The smallest absolute Gasteiger partial charge is 0.158 e. The molecule has 3 heterocycles. The Bertz CT molecular complexity index is 1160. The number of aryl methyl sites for hydroxylation is 3. The van der Waals surface area contributed by atoms with Gasteiger partial charge in [-0.1, -0.05) is 26.0 Å². The van der Waals surface area contributed by atoms with Gasteiger partial charge < -0.3 is 0 Å². The second-order valence-corrected chi connectivity index (χ2v) is 8.71. The zero-order valence-corrected chi connectivity index (χ0v) is 21.0. The van der Waals surface area contributed by atoms with E-state index in [1.54, 1.807) is 17.4 Å². The molecule has 0 fully saturated rings. The van der Waals surface area contributed by atoms with Crippen LogP contribution in [0.1, 0.15) is 74.1 Å². The average molecular weight is 453 g/mol. The van der Waals surface area contributed by atoms with E-state index in [1.165, 1.54) is 5.56 Å². The van der Waals surface area contributed by atoms with Gasteiger partial charge in [0.25, 0.3) is 0 Å². The number of fused-ring (bicyclic) bond motifs is 1. The van der Waals surface area contributed by atoms with Gasteiger partial charge in [-0.2, -0.15) is 5.10 Å². The van der Waals surface area contributed by atoms with Gasteiger partial charge in [-0.3, -0.25) is 0 Å². The van der Waals surface area contributed by atoms with E-state index in [4.69, 9.17) is 15.1 Å². The molecule has 170 valence electrons. The second kappa shape index (κ2) is 11.2. The first-order valence-corrected chi connectivity index (χ1v) is 11.8. The van der Waals surface area contributed by atoms with Crippen LogP contribution in [-0.4, -0.2) is 26.3 Å². The van der Waals surface area contributed by atoms with Gasteiger partial charge in [0.15, 0.2) is 5.65 Å². The van der Waals surface area contributed by atoms with Crippen molar-refractivity contribution in [3.63, 3.8) is 0 Å². The maximum Gasteiger partial charge on any atom is 0.158 e. The lowest BCUT2D eigenvalue weighted by Crippen LogP contribution is -2.05. The zero-order chi connectivity index (χ0) is 24.0. The van der Waals surface area contributed by atoms with Crippen LogP contribution < -0.4 is 0 Å². The summed E-state index contributed by atoms with van der Waals surface area (Å²) in [5.74, 6) is 0.463. The first-order valence-electron chi connectivity index (χ1n) is 10.9. The summed E-state index contributed by atoms with van der Waals surface area (Å²) in [5.41, 5.74) is 7.97. The van der Waals surface area contributed by atoms with Crippen LogP contribution in [0.4, 0.5) is 4.39 Å². The Morgan fingerprint density at radius 2 is 1.81 bits per heavy atom. The molecule has 0 atom stereocenters. The van der Waals surface area contributed by atoms with Crippen molar-refractivity contribution in [2.75, 3.05) is 6.67 Å². The lowest BCUT2D eigenvalue weighted by atomic mass is 9.95. The van der Waals surface area contributed by atoms with Gasteiger partial charge in [0, 0.05) is 11.1 Å². The molecule has 6 heteroatoms. The molecular formula is C26H33FN4S. The van der Waals surface area contributed by atoms with E-state index in [9.17, 15) is 4.39 Å². The molecule has 0 saturated heterocycles. The molecular weight excluding hydrogens is 419 g/mol. The predicted molar refractivity (Wildman–Crippen MR) is 135 cm³/mol. The number of rotatable bonds is 7. The van der Waals surface area contributed by atoms with Crippen LogP contribution in [0.15, 0.2) is 23.8 Å². The molecule has 0 saturated carbocycles. The van der Waals surface area contributed by atoms with Crippen molar-refractivity contribution in [3.8, 4) is 23.4 Å². The number of imidazole rings is 1. The monoisotopic (exact) mass is 452 g/mol. The van der Waals surface area contributed by atoms with E-state index >= 15 is 0 Å². The van der Waals surface area contributed by atoms with E-state index in [0.29, 0.717) is 5.92 Å². The Labute approximate surface area is 195 Å². The SMILES string of the molecule is C#C.C/C=C(\C(C)=C/CF)c1nc(C)c(-c2c(C)nc3c(C(CC)CC)cc(C)nn23)s1. The van der Waals surface area contributed by atoms with Crippen molar-refractivity contribution < 1.29 is 4.39 Å². The van der Waals surface area contributed by atoms with Gasteiger partial charge in [-0.05, 0) is 65.0 Å². The van der Waals surface area contributed by atoms with Crippen LogP contribution >= 0.6 is 11.3 Å². The molecule has 32 heavy (non-hydrogen) atoms. The fourth-order valence-corrected chi connectivity index (χ4v) is 5.33. The van der Waals surface area contributed by atoms with E-state index in [0.717, 1.165) is 62.3 Å². The van der Waals surface area contributed by atoms with Gasteiger partial charge >= 0.3 is 0 Å². The lowest BCUT2D eigenvalue weighted by molar-refractivity contribution is 0.560. The molecule has 0 N–H and O–H groups in total. The maximum atomic E-state index is 12.8. The van der Waals surface area contributed by atoms with Crippen LogP contribution in [0, 0.1) is 33.6 Å². The molecule has 0 bridgehead atoms. The molecule has 0 radical (unpaired) electrons. The average Bonchev–Trinajstić information content (AvgIpc) is 3.29. The molecule has 0 aliphatic carbocycles. The van der Waals surface area contributed by atoms with Crippen molar-refractivity contribution in [1.29, 1.82) is 0 Å². The number of halogens is 1. The summed E-state index contributed by atoms with van der Waals surface area (Å²) in [6, 6.07) is 2.18. The molecule has 3 aromatic rings. The van der Waals surface area contributed by atoms with Gasteiger partial charge in [0.2, 0.25) is 0 Å². The Morgan fingerprint density at radius 3 is 2.38 bits per heavy atom. The number of allylic oxidation sites excluding steroid dienone is 4. The number of hydrogen-bond donors (Lipinski definition) is 0. The number of hydrogen-bond acceptors (Lipinski definition) is 4. The summed E-state index contributed by atoms with van der Waals surface area (Å²) < 4.78 is 14.9. The summed E-state index contributed by atoms with van der Waals surface area (Å²) in [6.07, 6.45) is 13.7. The molecule has 0 amide bonds. The van der Waals surface area contributed by atoms with E-state index in [-0.39, 0.29) is 0 Å². The summed E-state index contributed by atoms with van der Waals surface area (Å²) in [4.78, 5) is 10.8. The molecule has 3 rings (SSSR count). The van der Waals surface area contributed by atoms with Gasteiger partial charge in [-0.25, -0.2) is 18.9 Å². The highest BCUT2D eigenvalue weighted by molar-refractivity contribution is 7.16. The Kier molecular flexibility index (Phi) is 8.91. The quantitative estimate of drug-likeness (QED) is 0.280. The van der Waals surface area contributed by atoms with Crippen molar-refractivity contribution in [1.82, 2.24) is 19.6 Å². The fourth-order valence-electron chi connectivity index (χ4n) is 4.04. The topological polar surface area (TPSA) is 43.1 Å². The van der Waals surface area contributed by atoms with Crippen LogP contribution in [0.25, 0.3) is 21.8 Å². The van der Waals surface area contributed by atoms with Crippen LogP contribution in [0.5, 0.6) is 0 Å². The van der Waals surface area contributed by atoms with Gasteiger partial charge in [0.05, 0.1) is 22.0 Å². The molecule has 4 nitrogen and oxygen atoms in total. The van der Waals surface area contributed by atoms with E-state index in [2.05, 4.69) is 32.8 Å². The highest BCUT2D eigenvalue weighted by Gasteiger charge is 2.23. The molecule has 0 aliphatic rings. The van der Waals surface area contributed by atoms with Gasteiger partial charge in [0.1, 0.15) is 17.4 Å². The van der Waals surface area contributed by atoms with Crippen molar-refractivity contribution >= 4 is 22.6 Å². The molecule has 0 unspecified atom stereocenters. The summed E-state index contributed by atoms with van der Waals surface area (Å²) in [6.45, 7) is 14.0. The molecule has 0 spiro atoms. The molecule has 3 aromatic heterocycles. The van der Waals surface area contributed by atoms with Gasteiger partial charge in [-0.15, -0.1) is 24.2 Å². The van der Waals surface area contributed by atoms with Crippen molar-refractivity contribution in [3.05, 3.63) is 51.4 Å². The Balaban J connectivity index is 0.00000176. The van der Waals surface area contributed by atoms with Crippen molar-refractivity contribution in [2.45, 2.75) is 67.2 Å². The van der Waals surface area contributed by atoms with Crippen molar-refractivity contribution in [2.24, 2.45) is 0 Å². The Morgan fingerprint density at radius 1 is 1.16 bits per heavy atom. The molecule has 0 aliphatic heterocycles.